The number of nitrogens with zero attached hydrogens (tertiary/aromatic N) is 5. The van der Waals surface area contributed by atoms with E-state index in [2.05, 4.69) is 26.9 Å². The largest absolute Gasteiger partial charge is 0.485 e. The molecule has 1 fully saturated rings. The highest BCUT2D eigenvalue weighted by molar-refractivity contribution is 7.99. The Bertz CT molecular complexity index is 1050. The van der Waals surface area contributed by atoms with Crippen LogP contribution < -0.4 is 14.4 Å². The first kappa shape index (κ1) is 21.3. The molecular weight excluding hydrogens is 410 g/mol. The van der Waals surface area contributed by atoms with Crippen LogP contribution in [0.2, 0.25) is 0 Å². The van der Waals surface area contributed by atoms with E-state index in [4.69, 9.17) is 9.47 Å². The number of aromatic nitrogens is 1. The third-order valence-corrected chi connectivity index (χ3v) is 6.53. The average Bonchev–Trinajstić information content (AvgIpc) is 2.78. The number of rotatable bonds is 5. The summed E-state index contributed by atoms with van der Waals surface area (Å²) in [5.74, 6) is 2.16. The molecule has 0 aliphatic carbocycles. The maximum absolute atomic E-state index is 9.44. The molecule has 31 heavy (non-hydrogen) atoms. The van der Waals surface area contributed by atoms with Gasteiger partial charge in [0.25, 0.3) is 0 Å². The van der Waals surface area contributed by atoms with Crippen molar-refractivity contribution in [2.24, 2.45) is 0 Å². The number of anilines is 1. The van der Waals surface area contributed by atoms with Crippen LogP contribution >= 0.6 is 11.8 Å². The summed E-state index contributed by atoms with van der Waals surface area (Å²) in [4.78, 5) is 9.30. The lowest BCUT2D eigenvalue weighted by molar-refractivity contribution is 0.171. The summed E-state index contributed by atoms with van der Waals surface area (Å²) in [6.07, 6.45) is 0. The van der Waals surface area contributed by atoms with Crippen molar-refractivity contribution in [3.63, 3.8) is 0 Å². The van der Waals surface area contributed by atoms with Crippen molar-refractivity contribution >= 4 is 17.4 Å². The first-order valence-corrected chi connectivity index (χ1v) is 11.4. The van der Waals surface area contributed by atoms with Crippen LogP contribution in [0.5, 0.6) is 11.5 Å². The van der Waals surface area contributed by atoms with Crippen molar-refractivity contribution in [1.29, 1.82) is 10.5 Å². The predicted molar refractivity (Wildman–Crippen MR) is 120 cm³/mol. The van der Waals surface area contributed by atoms with Crippen molar-refractivity contribution < 1.29 is 9.47 Å². The van der Waals surface area contributed by atoms with Gasteiger partial charge in [0.1, 0.15) is 30.4 Å². The third-order valence-electron chi connectivity index (χ3n) is 5.57. The van der Waals surface area contributed by atoms with Crippen LogP contribution in [0.4, 0.5) is 5.69 Å². The van der Waals surface area contributed by atoms with E-state index in [0.29, 0.717) is 35.8 Å². The minimum atomic E-state index is 0.472. The monoisotopic (exact) mass is 435 g/mol. The van der Waals surface area contributed by atoms with Gasteiger partial charge in [0.05, 0.1) is 16.8 Å². The number of thioether (sulfide) groups is 1. The summed E-state index contributed by atoms with van der Waals surface area (Å²) in [5, 5.41) is 19.6. The molecule has 1 saturated heterocycles. The summed E-state index contributed by atoms with van der Waals surface area (Å²) in [6.45, 7) is 9.52. The van der Waals surface area contributed by atoms with Crippen molar-refractivity contribution in [2.75, 3.05) is 56.6 Å². The number of fused-ring (bicyclic) bond motifs is 1. The van der Waals surface area contributed by atoms with Gasteiger partial charge in [-0.3, -0.25) is 4.90 Å². The molecule has 0 bridgehead atoms. The van der Waals surface area contributed by atoms with Gasteiger partial charge < -0.3 is 14.4 Å². The molecule has 1 aromatic heterocycles. The minimum Gasteiger partial charge on any atom is -0.485 e. The molecule has 0 atom stereocenters. The van der Waals surface area contributed by atoms with E-state index in [-0.39, 0.29) is 0 Å². The Morgan fingerprint density at radius 3 is 2.48 bits per heavy atom. The van der Waals surface area contributed by atoms with Crippen LogP contribution in [0.1, 0.15) is 22.4 Å². The van der Waals surface area contributed by atoms with Crippen LogP contribution in [0, 0.1) is 36.5 Å². The molecule has 0 saturated carbocycles. The van der Waals surface area contributed by atoms with Crippen LogP contribution in [-0.4, -0.2) is 61.6 Å². The number of aryl methyl sites for hydroxylation is 2. The fourth-order valence-electron chi connectivity index (χ4n) is 3.99. The molecule has 2 aliphatic rings. The van der Waals surface area contributed by atoms with Gasteiger partial charge in [0, 0.05) is 44.2 Å². The van der Waals surface area contributed by atoms with Crippen LogP contribution in [-0.2, 0) is 0 Å². The minimum absolute atomic E-state index is 0.472. The molecule has 8 heteroatoms. The SMILES string of the molecule is Cc1cc(C)c(C#N)c(SCCN2CCN(c3ccc(C#N)c4c3OCCO4)CC2)n1. The number of hydrogen-bond donors (Lipinski definition) is 0. The number of pyridine rings is 1. The zero-order valence-corrected chi connectivity index (χ0v) is 18.7. The second-order valence-corrected chi connectivity index (χ2v) is 8.73. The summed E-state index contributed by atoms with van der Waals surface area (Å²) < 4.78 is 11.6. The number of hydrogen-bond acceptors (Lipinski definition) is 8. The summed E-state index contributed by atoms with van der Waals surface area (Å²) >= 11 is 1.66. The topological polar surface area (TPSA) is 85.4 Å². The second kappa shape index (κ2) is 9.47. The zero-order valence-electron chi connectivity index (χ0n) is 17.8. The molecule has 160 valence electrons. The van der Waals surface area contributed by atoms with Gasteiger partial charge in [-0.05, 0) is 37.6 Å². The molecule has 0 amide bonds. The van der Waals surface area contributed by atoms with Gasteiger partial charge in [0.15, 0.2) is 11.5 Å². The van der Waals surface area contributed by atoms with E-state index in [1.54, 1.807) is 11.8 Å². The lowest BCUT2D eigenvalue weighted by Crippen LogP contribution is -2.47. The summed E-state index contributed by atoms with van der Waals surface area (Å²) in [6, 6.07) is 10.2. The number of piperazine rings is 1. The molecule has 0 spiro atoms. The Morgan fingerprint density at radius 2 is 1.77 bits per heavy atom. The molecule has 3 heterocycles. The molecule has 0 unspecified atom stereocenters. The highest BCUT2D eigenvalue weighted by Gasteiger charge is 2.26. The molecule has 7 nitrogen and oxygen atoms in total. The van der Waals surface area contributed by atoms with Gasteiger partial charge in [-0.2, -0.15) is 10.5 Å². The van der Waals surface area contributed by atoms with Gasteiger partial charge in [-0.15, -0.1) is 11.8 Å². The van der Waals surface area contributed by atoms with E-state index in [9.17, 15) is 10.5 Å². The zero-order chi connectivity index (χ0) is 21.8. The van der Waals surface area contributed by atoms with Crippen LogP contribution in [0.25, 0.3) is 0 Å². The van der Waals surface area contributed by atoms with Gasteiger partial charge in [-0.25, -0.2) is 4.98 Å². The Morgan fingerprint density at radius 1 is 1.03 bits per heavy atom. The smallest absolute Gasteiger partial charge is 0.186 e. The van der Waals surface area contributed by atoms with Crippen molar-refractivity contribution in [1.82, 2.24) is 9.88 Å². The highest BCUT2D eigenvalue weighted by atomic mass is 32.2. The number of benzene rings is 1. The highest BCUT2D eigenvalue weighted by Crippen LogP contribution is 2.42. The fourth-order valence-corrected chi connectivity index (χ4v) is 5.09. The Balaban J connectivity index is 1.34. The maximum atomic E-state index is 9.44. The molecule has 2 aromatic rings. The lowest BCUT2D eigenvalue weighted by Gasteiger charge is -2.37. The Hall–Kier alpha value is -2.94. The fraction of sp³-hybridized carbons (Fsp3) is 0.435. The van der Waals surface area contributed by atoms with E-state index in [0.717, 1.165) is 60.4 Å². The number of nitriles is 2. The molecule has 1 aromatic carbocycles. The van der Waals surface area contributed by atoms with Gasteiger partial charge in [-0.1, -0.05) is 0 Å². The molecular formula is C23H25N5O2S. The first-order chi connectivity index (χ1) is 15.1. The van der Waals surface area contributed by atoms with E-state index in [1.807, 2.05) is 32.0 Å². The van der Waals surface area contributed by atoms with Gasteiger partial charge >= 0.3 is 0 Å². The Kier molecular flexibility index (Phi) is 6.50. The third kappa shape index (κ3) is 4.56. The lowest BCUT2D eigenvalue weighted by atomic mass is 10.1. The van der Waals surface area contributed by atoms with Crippen LogP contribution in [0.3, 0.4) is 0 Å². The average molecular weight is 436 g/mol. The maximum Gasteiger partial charge on any atom is 0.186 e. The summed E-state index contributed by atoms with van der Waals surface area (Å²) in [5.41, 5.74) is 4.15. The van der Waals surface area contributed by atoms with Gasteiger partial charge in [0.2, 0.25) is 0 Å². The second-order valence-electron chi connectivity index (χ2n) is 7.65. The predicted octanol–water partition coefficient (Wildman–Crippen LogP) is 3.13. The molecule has 2 aliphatic heterocycles. The first-order valence-electron chi connectivity index (χ1n) is 10.4. The van der Waals surface area contributed by atoms with Crippen LogP contribution in [0.15, 0.2) is 23.2 Å². The van der Waals surface area contributed by atoms with Crippen molar-refractivity contribution in [3.05, 3.63) is 40.6 Å². The van der Waals surface area contributed by atoms with E-state index >= 15 is 0 Å². The Labute approximate surface area is 187 Å². The van der Waals surface area contributed by atoms with E-state index in [1.165, 1.54) is 0 Å². The molecule has 4 rings (SSSR count). The van der Waals surface area contributed by atoms with Crippen molar-refractivity contribution in [2.45, 2.75) is 18.9 Å². The quantitative estimate of drug-likeness (QED) is 0.662. The normalized spacial score (nSPS) is 15.9. The molecule has 0 radical (unpaired) electrons. The molecule has 0 N–H and O–H groups in total. The van der Waals surface area contributed by atoms with E-state index < -0.39 is 0 Å². The standard InChI is InChI=1S/C23H25N5O2S/c1-16-13-17(2)26-23(19(16)15-25)31-12-9-27-5-7-28(8-6-27)20-4-3-18(14-24)21-22(20)30-11-10-29-21/h3-4,13H,5-12H2,1-2H3. The number of ether oxygens (including phenoxy) is 2. The van der Waals surface area contributed by atoms with Crippen molar-refractivity contribution in [3.8, 4) is 23.6 Å². The summed E-state index contributed by atoms with van der Waals surface area (Å²) in [7, 11) is 0.